The van der Waals surface area contributed by atoms with Crippen LogP contribution in [0.25, 0.3) is 0 Å². The predicted molar refractivity (Wildman–Crippen MR) is 95.8 cm³/mol. The molecule has 3 nitrogen and oxygen atoms in total. The van der Waals surface area contributed by atoms with Crippen molar-refractivity contribution in [2.45, 2.75) is 31.7 Å². The van der Waals surface area contributed by atoms with Crippen molar-refractivity contribution in [2.75, 3.05) is 19.6 Å². The average molecular weight is 364 g/mol. The largest absolute Gasteiger partial charge is 0.350 e. The van der Waals surface area contributed by atoms with Crippen LogP contribution >= 0.6 is 11.3 Å². The Bertz CT molecular complexity index is 677. The highest BCUT2D eigenvalue weighted by atomic mass is 32.1. The normalized spacial score (nSPS) is 17.0. The molecule has 1 atom stereocenters. The Morgan fingerprint density at radius 2 is 1.80 bits per heavy atom. The van der Waals surface area contributed by atoms with Gasteiger partial charge in [0.25, 0.3) is 5.91 Å². The molecule has 0 saturated carbocycles. The van der Waals surface area contributed by atoms with Gasteiger partial charge in [-0.15, -0.1) is 0 Å². The van der Waals surface area contributed by atoms with Crippen molar-refractivity contribution < 1.29 is 13.6 Å². The minimum Gasteiger partial charge on any atom is -0.350 e. The topological polar surface area (TPSA) is 32.3 Å². The van der Waals surface area contributed by atoms with Crippen LogP contribution in [0.4, 0.5) is 8.78 Å². The molecule has 6 heteroatoms. The number of amides is 1. The molecular weight excluding hydrogens is 342 g/mol. The molecule has 134 valence electrons. The monoisotopic (exact) mass is 364 g/mol. The van der Waals surface area contributed by atoms with Gasteiger partial charge in [-0.3, -0.25) is 9.69 Å². The first-order valence-electron chi connectivity index (χ1n) is 8.65. The molecule has 25 heavy (non-hydrogen) atoms. The highest BCUT2D eigenvalue weighted by Gasteiger charge is 2.24. The van der Waals surface area contributed by atoms with Crippen molar-refractivity contribution >= 4 is 17.2 Å². The van der Waals surface area contributed by atoms with Gasteiger partial charge in [-0.05, 0) is 60.5 Å². The molecule has 1 aromatic carbocycles. The van der Waals surface area contributed by atoms with E-state index in [0.29, 0.717) is 6.54 Å². The number of carbonyl (C=O) groups is 1. The molecule has 0 spiro atoms. The summed E-state index contributed by atoms with van der Waals surface area (Å²) in [7, 11) is 0. The van der Waals surface area contributed by atoms with Gasteiger partial charge in [0.1, 0.15) is 17.2 Å². The first kappa shape index (κ1) is 18.0. The zero-order valence-corrected chi connectivity index (χ0v) is 14.8. The molecular formula is C19H22F2N2OS. The van der Waals surface area contributed by atoms with Crippen molar-refractivity contribution in [3.63, 3.8) is 0 Å². The highest BCUT2D eigenvalue weighted by Crippen LogP contribution is 2.25. The molecule has 0 unspecified atom stereocenters. The molecule has 1 fully saturated rings. The van der Waals surface area contributed by atoms with Crippen molar-refractivity contribution in [1.29, 1.82) is 0 Å². The third-order valence-corrected chi connectivity index (χ3v) is 5.36. The maximum absolute atomic E-state index is 13.8. The highest BCUT2D eigenvalue weighted by molar-refractivity contribution is 7.07. The van der Waals surface area contributed by atoms with E-state index in [2.05, 4.69) is 21.7 Å². The number of nitrogens with one attached hydrogen (secondary N) is 1. The molecule has 1 N–H and O–H groups in total. The van der Waals surface area contributed by atoms with Crippen LogP contribution in [0.15, 0.2) is 35.0 Å². The molecule has 2 heterocycles. The van der Waals surface area contributed by atoms with Gasteiger partial charge >= 0.3 is 0 Å². The van der Waals surface area contributed by atoms with E-state index in [0.717, 1.165) is 43.6 Å². The third-order valence-electron chi connectivity index (χ3n) is 4.66. The van der Waals surface area contributed by atoms with Gasteiger partial charge in [0.05, 0.1) is 6.04 Å². The van der Waals surface area contributed by atoms with Gasteiger partial charge < -0.3 is 5.32 Å². The fourth-order valence-electron chi connectivity index (χ4n) is 3.32. The fraction of sp³-hybridized carbons (Fsp3) is 0.421. The molecule has 0 bridgehead atoms. The molecule has 1 saturated heterocycles. The number of hydrogen-bond acceptors (Lipinski definition) is 3. The molecule has 0 aliphatic carbocycles. The van der Waals surface area contributed by atoms with Crippen LogP contribution in [-0.4, -0.2) is 30.4 Å². The molecule has 0 radical (unpaired) electrons. The van der Waals surface area contributed by atoms with Crippen LogP contribution in [0, 0.1) is 11.6 Å². The summed E-state index contributed by atoms with van der Waals surface area (Å²) < 4.78 is 27.6. The van der Waals surface area contributed by atoms with Gasteiger partial charge in [-0.25, -0.2) is 8.78 Å². The van der Waals surface area contributed by atoms with E-state index in [4.69, 9.17) is 0 Å². The summed E-state index contributed by atoms with van der Waals surface area (Å²) in [6.07, 6.45) is 4.71. The quantitative estimate of drug-likeness (QED) is 0.854. The number of rotatable bonds is 5. The Balaban J connectivity index is 1.73. The van der Waals surface area contributed by atoms with E-state index in [-0.39, 0.29) is 6.04 Å². The number of benzene rings is 1. The van der Waals surface area contributed by atoms with Crippen molar-refractivity contribution in [3.8, 4) is 0 Å². The first-order valence-corrected chi connectivity index (χ1v) is 9.59. The van der Waals surface area contributed by atoms with E-state index < -0.39 is 23.1 Å². The molecule has 3 rings (SSSR count). The standard InChI is InChI=1S/C19H22F2N2OS/c20-15-6-5-7-16(21)18(15)19(24)22-12-17(14-8-11-25-13-14)23-9-3-1-2-4-10-23/h5-8,11,13,17H,1-4,9-10,12H2,(H,22,24)/t17-/m0/s1. The summed E-state index contributed by atoms with van der Waals surface area (Å²) in [5.41, 5.74) is 0.628. The van der Waals surface area contributed by atoms with E-state index in [1.165, 1.54) is 18.9 Å². The van der Waals surface area contributed by atoms with Crippen LogP contribution in [0.2, 0.25) is 0 Å². The molecule has 1 aliphatic heterocycles. The second kappa shape index (κ2) is 8.54. The summed E-state index contributed by atoms with van der Waals surface area (Å²) in [4.78, 5) is 14.7. The van der Waals surface area contributed by atoms with Gasteiger partial charge in [0, 0.05) is 6.54 Å². The smallest absolute Gasteiger partial charge is 0.257 e. The predicted octanol–water partition coefficient (Wildman–Crippen LogP) is 4.37. The van der Waals surface area contributed by atoms with E-state index >= 15 is 0 Å². The van der Waals surface area contributed by atoms with Crippen molar-refractivity contribution in [3.05, 3.63) is 57.8 Å². The van der Waals surface area contributed by atoms with Crippen LogP contribution in [0.5, 0.6) is 0 Å². The molecule has 1 amide bonds. The first-order chi connectivity index (χ1) is 12.2. The summed E-state index contributed by atoms with van der Waals surface area (Å²) >= 11 is 1.61. The minimum absolute atomic E-state index is 0.0307. The summed E-state index contributed by atoms with van der Waals surface area (Å²) in [5.74, 6) is -2.37. The van der Waals surface area contributed by atoms with Gasteiger partial charge in [-0.2, -0.15) is 11.3 Å². The van der Waals surface area contributed by atoms with Gasteiger partial charge in [0.2, 0.25) is 0 Å². The number of hydrogen-bond donors (Lipinski definition) is 1. The third kappa shape index (κ3) is 4.44. The van der Waals surface area contributed by atoms with Crippen LogP contribution < -0.4 is 5.32 Å². The SMILES string of the molecule is O=C(NC[C@@H](c1ccsc1)N1CCCCCC1)c1c(F)cccc1F. The lowest BCUT2D eigenvalue weighted by molar-refractivity contribution is 0.0925. The number of thiophene rings is 1. The fourth-order valence-corrected chi connectivity index (χ4v) is 4.03. The Morgan fingerprint density at radius 3 is 2.40 bits per heavy atom. The second-order valence-corrected chi connectivity index (χ2v) is 7.11. The maximum atomic E-state index is 13.8. The lowest BCUT2D eigenvalue weighted by Gasteiger charge is -2.30. The zero-order valence-electron chi connectivity index (χ0n) is 14.0. The number of carbonyl (C=O) groups excluding carboxylic acids is 1. The Hall–Kier alpha value is -1.79. The Morgan fingerprint density at radius 1 is 1.12 bits per heavy atom. The minimum atomic E-state index is -0.834. The van der Waals surface area contributed by atoms with Crippen LogP contribution in [0.3, 0.4) is 0 Å². The molecule has 1 aromatic heterocycles. The summed E-state index contributed by atoms with van der Waals surface area (Å²) in [6.45, 7) is 2.29. The number of nitrogens with zero attached hydrogens (tertiary/aromatic N) is 1. The van der Waals surface area contributed by atoms with E-state index in [1.54, 1.807) is 11.3 Å². The van der Waals surface area contributed by atoms with Gasteiger partial charge in [0.15, 0.2) is 0 Å². The lowest BCUT2D eigenvalue weighted by atomic mass is 10.1. The lowest BCUT2D eigenvalue weighted by Crippen LogP contribution is -2.39. The van der Waals surface area contributed by atoms with Crippen molar-refractivity contribution in [1.82, 2.24) is 10.2 Å². The van der Waals surface area contributed by atoms with Gasteiger partial charge in [-0.1, -0.05) is 18.9 Å². The molecule has 1 aliphatic rings. The van der Waals surface area contributed by atoms with Crippen molar-refractivity contribution in [2.24, 2.45) is 0 Å². The average Bonchev–Trinajstić information content (AvgIpc) is 2.98. The number of likely N-dealkylation sites (tertiary alicyclic amines) is 1. The molecule has 2 aromatic rings. The van der Waals surface area contributed by atoms with E-state index in [9.17, 15) is 13.6 Å². The van der Waals surface area contributed by atoms with E-state index in [1.807, 2.05) is 5.38 Å². The Labute approximate surface area is 150 Å². The van der Waals surface area contributed by atoms with Crippen LogP contribution in [-0.2, 0) is 0 Å². The zero-order chi connectivity index (χ0) is 17.6. The summed E-state index contributed by atoms with van der Waals surface area (Å²) in [6, 6.07) is 5.54. The number of halogens is 2. The summed E-state index contributed by atoms with van der Waals surface area (Å²) in [5, 5.41) is 6.82. The second-order valence-electron chi connectivity index (χ2n) is 6.33. The van der Waals surface area contributed by atoms with Crippen LogP contribution in [0.1, 0.15) is 47.6 Å². The Kier molecular flexibility index (Phi) is 6.15. The maximum Gasteiger partial charge on any atom is 0.257 e.